The Hall–Kier alpha value is -1.44. The van der Waals surface area contributed by atoms with E-state index in [1.807, 2.05) is 0 Å². The molecule has 7 heteroatoms. The number of hydrogen-bond acceptors (Lipinski definition) is 4. The normalized spacial score (nSPS) is 15.9. The number of ether oxygens (including phenoxy) is 1. The summed E-state index contributed by atoms with van der Waals surface area (Å²) in [6.45, 7) is 2.93. The van der Waals surface area contributed by atoms with Crippen LogP contribution in [0.5, 0.6) is 0 Å². The first-order chi connectivity index (χ1) is 11.9. The Balaban J connectivity index is 1.83. The number of amides is 1. The average Bonchev–Trinajstić information content (AvgIpc) is 2.62. The number of nitrogens with one attached hydrogen (secondary N) is 2. The second-order valence-electron chi connectivity index (χ2n) is 6.42. The molecule has 0 bridgehead atoms. The van der Waals surface area contributed by atoms with E-state index in [1.165, 1.54) is 38.4 Å². The summed E-state index contributed by atoms with van der Waals surface area (Å²) in [4.78, 5) is 12.4. The Morgan fingerprint density at radius 3 is 2.64 bits per heavy atom. The zero-order chi connectivity index (χ0) is 18.3. The Bertz CT molecular complexity index is 682. The lowest BCUT2D eigenvalue weighted by Crippen LogP contribution is -2.27. The molecule has 140 valence electrons. The first kappa shape index (κ1) is 19.9. The van der Waals surface area contributed by atoms with Crippen molar-refractivity contribution in [1.29, 1.82) is 0 Å². The van der Waals surface area contributed by atoms with Crippen LogP contribution in [0.3, 0.4) is 0 Å². The van der Waals surface area contributed by atoms with Crippen LogP contribution < -0.4 is 10.0 Å². The summed E-state index contributed by atoms with van der Waals surface area (Å²) >= 11 is 0. The van der Waals surface area contributed by atoms with E-state index in [4.69, 9.17) is 4.74 Å². The summed E-state index contributed by atoms with van der Waals surface area (Å²) in [5.41, 5.74) is 1.12. The van der Waals surface area contributed by atoms with Crippen molar-refractivity contribution in [1.82, 2.24) is 10.0 Å². The van der Waals surface area contributed by atoms with Gasteiger partial charge in [0.2, 0.25) is 10.0 Å². The minimum Gasteiger partial charge on any atom is -0.378 e. The number of aryl methyl sites for hydroxylation is 1. The largest absolute Gasteiger partial charge is 0.378 e. The fourth-order valence-corrected chi connectivity index (χ4v) is 3.74. The van der Waals surface area contributed by atoms with Crippen molar-refractivity contribution in [2.24, 2.45) is 0 Å². The Morgan fingerprint density at radius 1 is 1.24 bits per heavy atom. The highest BCUT2D eigenvalue weighted by atomic mass is 32.2. The number of hydrogen-bond donors (Lipinski definition) is 2. The number of carbonyl (C=O) groups is 1. The summed E-state index contributed by atoms with van der Waals surface area (Å²) < 4.78 is 31.8. The minimum atomic E-state index is -3.56. The van der Waals surface area contributed by atoms with Crippen LogP contribution >= 0.6 is 0 Å². The maximum atomic E-state index is 12.3. The lowest BCUT2D eigenvalue weighted by atomic mass is 9.98. The number of benzene rings is 1. The molecule has 1 amide bonds. The molecular weight excluding hydrogens is 340 g/mol. The Morgan fingerprint density at radius 2 is 1.96 bits per heavy atom. The molecule has 0 heterocycles. The van der Waals surface area contributed by atoms with Gasteiger partial charge in [0.1, 0.15) is 0 Å². The highest BCUT2D eigenvalue weighted by Gasteiger charge is 2.16. The molecule has 0 aliphatic heterocycles. The van der Waals surface area contributed by atoms with E-state index in [1.54, 1.807) is 13.0 Å². The van der Waals surface area contributed by atoms with E-state index in [-0.39, 0.29) is 10.8 Å². The molecule has 1 aromatic carbocycles. The summed E-state index contributed by atoms with van der Waals surface area (Å²) in [5.74, 6) is -0.261. The summed E-state index contributed by atoms with van der Waals surface area (Å²) in [7, 11) is -2.21. The molecule has 1 aliphatic carbocycles. The topological polar surface area (TPSA) is 84.5 Å². The molecular formula is C18H28N2O4S. The highest BCUT2D eigenvalue weighted by molar-refractivity contribution is 7.89. The van der Waals surface area contributed by atoms with Crippen LogP contribution in [0.4, 0.5) is 0 Å². The van der Waals surface area contributed by atoms with E-state index >= 15 is 0 Å². The summed E-state index contributed by atoms with van der Waals surface area (Å²) in [5, 5.41) is 2.84. The van der Waals surface area contributed by atoms with Crippen LogP contribution in [0.2, 0.25) is 0 Å². The third-order valence-electron chi connectivity index (χ3n) is 4.55. The van der Waals surface area contributed by atoms with Gasteiger partial charge in [0, 0.05) is 18.7 Å². The third kappa shape index (κ3) is 5.80. The average molecular weight is 368 g/mol. The standard InChI is InChI=1S/C18H28N2O4S/c1-14-9-10-16(25(22,23)19-2)13-17(14)18(21)20-11-6-12-24-15-7-4-3-5-8-15/h9-10,13,15,19H,3-8,11-12H2,1-2H3,(H,20,21). The Kier molecular flexibility index (Phi) is 7.40. The van der Waals surface area contributed by atoms with Crippen molar-refractivity contribution in [3.05, 3.63) is 29.3 Å². The molecule has 1 fully saturated rings. The molecule has 1 saturated carbocycles. The molecule has 1 aliphatic rings. The number of sulfonamides is 1. The van der Waals surface area contributed by atoms with Crippen LogP contribution in [-0.4, -0.2) is 40.6 Å². The van der Waals surface area contributed by atoms with Gasteiger partial charge in [-0.3, -0.25) is 4.79 Å². The van der Waals surface area contributed by atoms with Crippen LogP contribution in [-0.2, 0) is 14.8 Å². The van der Waals surface area contributed by atoms with E-state index < -0.39 is 10.0 Å². The van der Waals surface area contributed by atoms with Gasteiger partial charge >= 0.3 is 0 Å². The number of rotatable bonds is 8. The molecule has 0 saturated heterocycles. The van der Waals surface area contributed by atoms with Crippen molar-refractivity contribution in [2.45, 2.75) is 56.4 Å². The van der Waals surface area contributed by atoms with Crippen molar-refractivity contribution < 1.29 is 17.9 Å². The Labute approximate surface area is 150 Å². The molecule has 2 N–H and O–H groups in total. The van der Waals surface area contributed by atoms with Gasteiger partial charge in [-0.05, 0) is 50.9 Å². The van der Waals surface area contributed by atoms with Crippen LogP contribution in [0.1, 0.15) is 54.4 Å². The molecule has 0 unspecified atom stereocenters. The smallest absolute Gasteiger partial charge is 0.251 e. The highest BCUT2D eigenvalue weighted by Crippen LogP contribution is 2.20. The van der Waals surface area contributed by atoms with Gasteiger partial charge in [0.15, 0.2) is 0 Å². The first-order valence-electron chi connectivity index (χ1n) is 8.88. The lowest BCUT2D eigenvalue weighted by molar-refractivity contribution is 0.0273. The maximum absolute atomic E-state index is 12.3. The van der Waals surface area contributed by atoms with E-state index in [0.29, 0.717) is 24.8 Å². The van der Waals surface area contributed by atoms with Crippen molar-refractivity contribution in [3.63, 3.8) is 0 Å². The van der Waals surface area contributed by atoms with Gasteiger partial charge in [-0.15, -0.1) is 0 Å². The molecule has 2 rings (SSSR count). The zero-order valence-corrected chi connectivity index (χ0v) is 15.8. The van der Waals surface area contributed by atoms with Crippen molar-refractivity contribution in [3.8, 4) is 0 Å². The molecule has 1 aromatic rings. The van der Waals surface area contributed by atoms with Crippen LogP contribution in [0.25, 0.3) is 0 Å². The van der Waals surface area contributed by atoms with Gasteiger partial charge in [0.25, 0.3) is 5.91 Å². The molecule has 25 heavy (non-hydrogen) atoms. The van der Waals surface area contributed by atoms with Gasteiger partial charge in [-0.2, -0.15) is 0 Å². The molecule has 0 spiro atoms. The molecule has 6 nitrogen and oxygen atoms in total. The maximum Gasteiger partial charge on any atom is 0.251 e. The minimum absolute atomic E-state index is 0.0892. The van der Waals surface area contributed by atoms with Gasteiger partial charge < -0.3 is 10.1 Å². The molecule has 0 aromatic heterocycles. The first-order valence-corrected chi connectivity index (χ1v) is 10.4. The van der Waals surface area contributed by atoms with Gasteiger partial charge in [-0.1, -0.05) is 25.3 Å². The zero-order valence-electron chi connectivity index (χ0n) is 15.0. The SMILES string of the molecule is CNS(=O)(=O)c1ccc(C)c(C(=O)NCCCOC2CCCCC2)c1. The monoisotopic (exact) mass is 368 g/mol. The lowest BCUT2D eigenvalue weighted by Gasteiger charge is -2.21. The fourth-order valence-electron chi connectivity index (χ4n) is 2.98. The number of carbonyl (C=O) groups excluding carboxylic acids is 1. The van der Waals surface area contributed by atoms with Gasteiger partial charge in [0.05, 0.1) is 11.0 Å². The third-order valence-corrected chi connectivity index (χ3v) is 5.96. The van der Waals surface area contributed by atoms with E-state index in [9.17, 15) is 13.2 Å². The van der Waals surface area contributed by atoms with Crippen molar-refractivity contribution >= 4 is 15.9 Å². The molecule has 0 atom stereocenters. The fraction of sp³-hybridized carbons (Fsp3) is 0.611. The predicted molar refractivity (Wildman–Crippen MR) is 97.2 cm³/mol. The second kappa shape index (κ2) is 9.31. The van der Waals surface area contributed by atoms with Crippen LogP contribution in [0.15, 0.2) is 23.1 Å². The van der Waals surface area contributed by atoms with Crippen molar-refractivity contribution in [2.75, 3.05) is 20.2 Å². The second-order valence-corrected chi connectivity index (χ2v) is 8.31. The van der Waals surface area contributed by atoms with E-state index in [0.717, 1.165) is 24.8 Å². The van der Waals surface area contributed by atoms with E-state index in [2.05, 4.69) is 10.0 Å². The summed E-state index contributed by atoms with van der Waals surface area (Å²) in [6, 6.07) is 4.55. The molecule has 0 radical (unpaired) electrons. The quantitative estimate of drug-likeness (QED) is 0.690. The van der Waals surface area contributed by atoms with Gasteiger partial charge in [-0.25, -0.2) is 13.1 Å². The predicted octanol–water partition coefficient (Wildman–Crippen LogP) is 2.37. The van der Waals surface area contributed by atoms with Crippen LogP contribution in [0, 0.1) is 6.92 Å². The summed E-state index contributed by atoms with van der Waals surface area (Å²) in [6.07, 6.45) is 7.18.